The highest BCUT2D eigenvalue weighted by Gasteiger charge is 2.24. The van der Waals surface area contributed by atoms with Crippen LogP contribution in [-0.2, 0) is 0 Å². The SMILES string of the molecule is CC(Nc1c(Nc2ccc(O)c([N+](=O)[O-])c2)c(=O)c1=O)c1cccc(O)c1. The van der Waals surface area contributed by atoms with Gasteiger partial charge in [0.15, 0.2) is 5.75 Å². The minimum atomic E-state index is -0.758. The molecule has 3 rings (SSSR count). The second kappa shape index (κ2) is 6.79. The van der Waals surface area contributed by atoms with Crippen LogP contribution in [0.1, 0.15) is 18.5 Å². The molecule has 0 saturated heterocycles. The van der Waals surface area contributed by atoms with Crippen LogP contribution in [0.15, 0.2) is 52.1 Å². The van der Waals surface area contributed by atoms with Gasteiger partial charge in [-0.15, -0.1) is 0 Å². The number of hydrogen-bond acceptors (Lipinski definition) is 8. The van der Waals surface area contributed by atoms with Gasteiger partial charge in [-0.05, 0) is 36.8 Å². The number of phenolic OH excluding ortho intramolecular Hbond substituents is 2. The molecule has 0 amide bonds. The van der Waals surface area contributed by atoms with Crippen molar-refractivity contribution in [2.75, 3.05) is 10.6 Å². The van der Waals surface area contributed by atoms with E-state index in [1.54, 1.807) is 19.1 Å². The molecule has 3 aromatic rings. The van der Waals surface area contributed by atoms with E-state index in [-0.39, 0.29) is 28.9 Å². The van der Waals surface area contributed by atoms with Gasteiger partial charge in [0, 0.05) is 17.8 Å². The Kier molecular flexibility index (Phi) is 4.51. The van der Waals surface area contributed by atoms with Gasteiger partial charge in [-0.1, -0.05) is 12.1 Å². The Morgan fingerprint density at radius 3 is 2.41 bits per heavy atom. The van der Waals surface area contributed by atoms with Crippen molar-refractivity contribution >= 4 is 22.7 Å². The van der Waals surface area contributed by atoms with E-state index in [0.717, 1.165) is 12.1 Å². The van der Waals surface area contributed by atoms with Gasteiger partial charge in [-0.3, -0.25) is 19.7 Å². The Morgan fingerprint density at radius 1 is 1.04 bits per heavy atom. The molecule has 0 bridgehead atoms. The average Bonchev–Trinajstić information content (AvgIpc) is 2.65. The Morgan fingerprint density at radius 2 is 1.74 bits per heavy atom. The standard InChI is InChI=1S/C18H15N3O6/c1-9(10-3-2-4-12(22)7-10)19-15-16(18(25)17(15)24)20-11-5-6-14(23)13(8-11)21(26)27/h2-9,19-20,22-23H,1H3. The van der Waals surface area contributed by atoms with E-state index < -0.39 is 27.2 Å². The lowest BCUT2D eigenvalue weighted by molar-refractivity contribution is -0.385. The van der Waals surface area contributed by atoms with Gasteiger partial charge in [-0.25, -0.2) is 0 Å². The van der Waals surface area contributed by atoms with Gasteiger partial charge < -0.3 is 20.8 Å². The highest BCUT2D eigenvalue weighted by molar-refractivity contribution is 5.79. The Balaban J connectivity index is 1.86. The first-order valence-corrected chi connectivity index (χ1v) is 7.91. The highest BCUT2D eigenvalue weighted by Crippen LogP contribution is 2.31. The van der Waals surface area contributed by atoms with E-state index in [1.807, 2.05) is 0 Å². The average molecular weight is 369 g/mol. The van der Waals surface area contributed by atoms with E-state index in [9.17, 15) is 29.9 Å². The smallest absolute Gasteiger partial charge is 0.312 e. The van der Waals surface area contributed by atoms with Crippen LogP contribution in [0.2, 0.25) is 0 Å². The molecule has 1 atom stereocenters. The maximum atomic E-state index is 11.9. The molecule has 0 aliphatic heterocycles. The number of anilines is 3. The summed E-state index contributed by atoms with van der Waals surface area (Å²) in [4.78, 5) is 34.0. The molecule has 9 nitrogen and oxygen atoms in total. The fourth-order valence-electron chi connectivity index (χ4n) is 2.63. The Bertz CT molecular complexity index is 1100. The molecule has 4 N–H and O–H groups in total. The zero-order valence-corrected chi connectivity index (χ0v) is 14.1. The van der Waals surface area contributed by atoms with E-state index in [4.69, 9.17) is 0 Å². The normalized spacial score (nSPS) is 11.9. The topological polar surface area (TPSA) is 142 Å². The maximum Gasteiger partial charge on any atom is 0.312 e. The predicted octanol–water partition coefficient (Wildman–Crippen LogP) is 2.52. The van der Waals surface area contributed by atoms with Crippen LogP contribution in [0.3, 0.4) is 0 Å². The summed E-state index contributed by atoms with van der Waals surface area (Å²) >= 11 is 0. The maximum absolute atomic E-state index is 11.9. The molecule has 0 heterocycles. The molecular weight excluding hydrogens is 354 g/mol. The fraction of sp³-hybridized carbons (Fsp3) is 0.111. The van der Waals surface area contributed by atoms with Crippen LogP contribution in [0.25, 0.3) is 0 Å². The quantitative estimate of drug-likeness (QED) is 0.225. The molecule has 0 saturated carbocycles. The van der Waals surface area contributed by atoms with Crippen LogP contribution < -0.4 is 21.5 Å². The lowest BCUT2D eigenvalue weighted by Gasteiger charge is -2.20. The van der Waals surface area contributed by atoms with Crippen molar-refractivity contribution in [3.05, 3.63) is 78.6 Å². The summed E-state index contributed by atoms with van der Waals surface area (Å²) < 4.78 is 0. The number of phenols is 2. The zero-order valence-electron chi connectivity index (χ0n) is 14.1. The largest absolute Gasteiger partial charge is 0.508 e. The summed E-state index contributed by atoms with van der Waals surface area (Å²) in [5, 5.41) is 35.5. The van der Waals surface area contributed by atoms with E-state index in [0.29, 0.717) is 5.56 Å². The number of nitro groups is 1. The number of rotatable bonds is 6. The van der Waals surface area contributed by atoms with Crippen molar-refractivity contribution < 1.29 is 15.1 Å². The molecule has 138 valence electrons. The molecule has 0 spiro atoms. The molecule has 0 aliphatic carbocycles. The summed E-state index contributed by atoms with van der Waals surface area (Å²) in [5.74, 6) is -0.438. The van der Waals surface area contributed by atoms with Gasteiger partial charge in [0.05, 0.1) is 4.92 Å². The molecular formula is C18H15N3O6. The Hall–Kier alpha value is -3.88. The second-order valence-electron chi connectivity index (χ2n) is 5.95. The molecule has 3 aromatic carbocycles. The van der Waals surface area contributed by atoms with Crippen molar-refractivity contribution in [2.24, 2.45) is 0 Å². The number of nitrogens with zero attached hydrogens (tertiary/aromatic N) is 1. The van der Waals surface area contributed by atoms with Crippen molar-refractivity contribution in [3.63, 3.8) is 0 Å². The van der Waals surface area contributed by atoms with Crippen molar-refractivity contribution in [1.82, 2.24) is 0 Å². The first-order chi connectivity index (χ1) is 12.8. The summed E-state index contributed by atoms with van der Waals surface area (Å²) in [6.45, 7) is 1.75. The van der Waals surface area contributed by atoms with Gasteiger partial charge in [0.25, 0.3) is 10.9 Å². The van der Waals surface area contributed by atoms with E-state index in [1.165, 1.54) is 18.2 Å². The van der Waals surface area contributed by atoms with E-state index in [2.05, 4.69) is 10.6 Å². The van der Waals surface area contributed by atoms with Crippen molar-refractivity contribution in [3.8, 4) is 11.5 Å². The van der Waals surface area contributed by atoms with Crippen LogP contribution in [0, 0.1) is 10.1 Å². The molecule has 0 radical (unpaired) electrons. The summed E-state index contributed by atoms with van der Waals surface area (Å²) in [7, 11) is 0. The molecule has 9 heteroatoms. The molecule has 1 unspecified atom stereocenters. The number of hydrogen-bond donors (Lipinski definition) is 4. The number of nitro benzene ring substituents is 1. The molecule has 27 heavy (non-hydrogen) atoms. The zero-order chi connectivity index (χ0) is 19.7. The summed E-state index contributed by atoms with van der Waals surface area (Å²) in [6, 6.07) is 9.59. The fourth-order valence-corrected chi connectivity index (χ4v) is 2.63. The first kappa shape index (κ1) is 17.9. The first-order valence-electron chi connectivity index (χ1n) is 7.91. The number of aromatic hydroxyl groups is 2. The third-order valence-corrected chi connectivity index (χ3v) is 4.08. The van der Waals surface area contributed by atoms with E-state index >= 15 is 0 Å². The minimum absolute atomic E-state index is 0.0213. The van der Waals surface area contributed by atoms with Gasteiger partial charge in [0.1, 0.15) is 17.1 Å². The van der Waals surface area contributed by atoms with Crippen LogP contribution in [0.5, 0.6) is 11.5 Å². The number of benzene rings is 2. The van der Waals surface area contributed by atoms with Crippen molar-refractivity contribution in [2.45, 2.75) is 13.0 Å². The second-order valence-corrected chi connectivity index (χ2v) is 5.95. The summed E-state index contributed by atoms with van der Waals surface area (Å²) in [5.41, 5.74) is -1.08. The lowest BCUT2D eigenvalue weighted by Crippen LogP contribution is -2.37. The molecule has 0 aromatic heterocycles. The Labute approximate surface area is 152 Å². The van der Waals surface area contributed by atoms with Gasteiger partial charge in [-0.2, -0.15) is 0 Å². The number of nitrogens with one attached hydrogen (secondary N) is 2. The monoisotopic (exact) mass is 369 g/mol. The van der Waals surface area contributed by atoms with Crippen LogP contribution >= 0.6 is 0 Å². The summed E-state index contributed by atoms with van der Waals surface area (Å²) in [6.07, 6.45) is 0. The van der Waals surface area contributed by atoms with Gasteiger partial charge >= 0.3 is 5.69 Å². The molecule has 0 aliphatic rings. The van der Waals surface area contributed by atoms with Crippen LogP contribution in [-0.4, -0.2) is 15.1 Å². The van der Waals surface area contributed by atoms with Gasteiger partial charge in [0.2, 0.25) is 0 Å². The van der Waals surface area contributed by atoms with Crippen LogP contribution in [0.4, 0.5) is 22.7 Å². The lowest BCUT2D eigenvalue weighted by atomic mass is 10.1. The molecule has 0 fully saturated rings. The minimum Gasteiger partial charge on any atom is -0.508 e. The predicted molar refractivity (Wildman–Crippen MR) is 99.5 cm³/mol. The van der Waals surface area contributed by atoms with Crippen molar-refractivity contribution in [1.29, 1.82) is 0 Å². The highest BCUT2D eigenvalue weighted by atomic mass is 16.6. The third kappa shape index (κ3) is 3.43. The third-order valence-electron chi connectivity index (χ3n) is 4.08.